The predicted octanol–water partition coefficient (Wildman–Crippen LogP) is -0.386. The van der Waals surface area contributed by atoms with Gasteiger partial charge in [0.05, 0.1) is 6.54 Å². The van der Waals surface area contributed by atoms with E-state index in [0.717, 1.165) is 12.8 Å². The van der Waals surface area contributed by atoms with Crippen LogP contribution in [0.15, 0.2) is 0 Å². The van der Waals surface area contributed by atoms with Crippen LogP contribution in [0.3, 0.4) is 0 Å². The topological polar surface area (TPSA) is 55.1 Å². The van der Waals surface area contributed by atoms with Crippen molar-refractivity contribution < 1.29 is 4.79 Å². The van der Waals surface area contributed by atoms with E-state index in [2.05, 4.69) is 5.32 Å². The molecule has 3 heteroatoms. The fourth-order valence-corrected chi connectivity index (χ4v) is 0.700. The van der Waals surface area contributed by atoms with Crippen LogP contribution in [0.1, 0.15) is 19.8 Å². The lowest BCUT2D eigenvalue weighted by atomic mass is 10.3. The first-order chi connectivity index (χ1) is 4.16. The molecule has 1 fully saturated rings. The number of nitrogens with two attached hydrogens (primary N) is 1. The third-order valence-corrected chi connectivity index (χ3v) is 1.63. The molecule has 1 rings (SSSR count). The number of carbonyl (C=O) groups excluding carboxylic acids is 1. The number of nitrogens with one attached hydrogen (secondary N) is 1. The highest BCUT2D eigenvalue weighted by Crippen LogP contribution is 2.33. The third-order valence-electron chi connectivity index (χ3n) is 1.63. The zero-order valence-corrected chi connectivity index (χ0v) is 5.61. The SMILES string of the molecule is CC1(NC(=O)CN)CC1. The van der Waals surface area contributed by atoms with Crippen LogP contribution in [0, 0.1) is 0 Å². The molecule has 1 amide bonds. The molecular weight excluding hydrogens is 116 g/mol. The summed E-state index contributed by atoms with van der Waals surface area (Å²) in [4.78, 5) is 10.6. The molecule has 0 radical (unpaired) electrons. The van der Waals surface area contributed by atoms with Gasteiger partial charge in [-0.05, 0) is 19.8 Å². The number of hydrogen-bond acceptors (Lipinski definition) is 2. The molecule has 0 aromatic rings. The van der Waals surface area contributed by atoms with Crippen LogP contribution in [-0.4, -0.2) is 18.0 Å². The molecule has 52 valence electrons. The van der Waals surface area contributed by atoms with Gasteiger partial charge in [-0.3, -0.25) is 4.79 Å². The molecule has 0 heterocycles. The van der Waals surface area contributed by atoms with Gasteiger partial charge in [-0.2, -0.15) is 0 Å². The fourth-order valence-electron chi connectivity index (χ4n) is 0.700. The van der Waals surface area contributed by atoms with E-state index in [0.29, 0.717) is 0 Å². The zero-order valence-electron chi connectivity index (χ0n) is 5.61. The molecule has 1 aliphatic carbocycles. The molecule has 3 nitrogen and oxygen atoms in total. The van der Waals surface area contributed by atoms with E-state index >= 15 is 0 Å². The molecule has 1 aliphatic rings. The molecule has 0 aromatic carbocycles. The van der Waals surface area contributed by atoms with E-state index in [9.17, 15) is 4.79 Å². The minimum absolute atomic E-state index is 0.0463. The Morgan fingerprint density at radius 3 is 2.67 bits per heavy atom. The van der Waals surface area contributed by atoms with E-state index in [1.165, 1.54) is 0 Å². The first-order valence-corrected chi connectivity index (χ1v) is 3.17. The quantitative estimate of drug-likeness (QED) is 0.532. The molecule has 9 heavy (non-hydrogen) atoms. The lowest BCUT2D eigenvalue weighted by Gasteiger charge is -2.08. The fraction of sp³-hybridized carbons (Fsp3) is 0.833. The van der Waals surface area contributed by atoms with E-state index in [4.69, 9.17) is 5.73 Å². The van der Waals surface area contributed by atoms with Crippen molar-refractivity contribution in [2.75, 3.05) is 6.54 Å². The van der Waals surface area contributed by atoms with Crippen LogP contribution >= 0.6 is 0 Å². The maximum atomic E-state index is 10.6. The van der Waals surface area contributed by atoms with Crippen molar-refractivity contribution in [3.63, 3.8) is 0 Å². The Bertz CT molecular complexity index is 129. The Labute approximate surface area is 54.6 Å². The normalized spacial score (nSPS) is 21.1. The number of hydrogen-bond donors (Lipinski definition) is 2. The third kappa shape index (κ3) is 1.68. The maximum absolute atomic E-state index is 10.6. The standard InChI is InChI=1S/C6H12N2O/c1-6(2-3-6)8-5(9)4-7/h2-4,7H2,1H3,(H,8,9). The predicted molar refractivity (Wildman–Crippen MR) is 34.8 cm³/mol. The monoisotopic (exact) mass is 128 g/mol. The van der Waals surface area contributed by atoms with Gasteiger partial charge in [-0.15, -0.1) is 0 Å². The van der Waals surface area contributed by atoms with E-state index < -0.39 is 0 Å². The van der Waals surface area contributed by atoms with Gasteiger partial charge in [-0.1, -0.05) is 0 Å². The maximum Gasteiger partial charge on any atom is 0.234 e. The number of carbonyl (C=O) groups is 1. The van der Waals surface area contributed by atoms with E-state index in [1.807, 2.05) is 6.92 Å². The summed E-state index contributed by atoms with van der Waals surface area (Å²) >= 11 is 0. The molecule has 0 atom stereocenters. The van der Waals surface area contributed by atoms with Gasteiger partial charge in [0.1, 0.15) is 0 Å². The second-order valence-electron chi connectivity index (χ2n) is 2.81. The summed E-state index contributed by atoms with van der Waals surface area (Å²) in [6.07, 6.45) is 2.19. The summed E-state index contributed by atoms with van der Waals surface area (Å²) in [5.74, 6) is -0.0463. The van der Waals surface area contributed by atoms with Crippen LogP contribution < -0.4 is 11.1 Å². The highest BCUT2D eigenvalue weighted by Gasteiger charge is 2.38. The zero-order chi connectivity index (χ0) is 6.91. The van der Waals surface area contributed by atoms with Gasteiger partial charge in [-0.25, -0.2) is 0 Å². The molecule has 0 saturated heterocycles. The van der Waals surface area contributed by atoms with Crippen molar-refractivity contribution in [1.29, 1.82) is 0 Å². The highest BCUT2D eigenvalue weighted by atomic mass is 16.2. The average molecular weight is 128 g/mol. The summed E-state index contributed by atoms with van der Waals surface area (Å²) in [6, 6.07) is 0. The van der Waals surface area contributed by atoms with Crippen molar-refractivity contribution in [2.24, 2.45) is 5.73 Å². The lowest BCUT2D eigenvalue weighted by Crippen LogP contribution is -2.38. The minimum atomic E-state index is -0.0463. The summed E-state index contributed by atoms with van der Waals surface area (Å²) in [5, 5.41) is 2.82. The smallest absolute Gasteiger partial charge is 0.234 e. The summed E-state index contributed by atoms with van der Waals surface area (Å²) in [5.41, 5.74) is 5.19. The molecule has 0 bridgehead atoms. The van der Waals surface area contributed by atoms with Crippen molar-refractivity contribution in [1.82, 2.24) is 5.32 Å². The Balaban J connectivity index is 2.25. The molecular formula is C6H12N2O. The average Bonchev–Trinajstić information content (AvgIpc) is 2.48. The van der Waals surface area contributed by atoms with Gasteiger partial charge in [0.2, 0.25) is 5.91 Å². The van der Waals surface area contributed by atoms with Crippen molar-refractivity contribution in [3.8, 4) is 0 Å². The van der Waals surface area contributed by atoms with Crippen LogP contribution in [0.2, 0.25) is 0 Å². The molecule has 0 aliphatic heterocycles. The molecule has 0 spiro atoms. The number of rotatable bonds is 2. The largest absolute Gasteiger partial charge is 0.350 e. The summed E-state index contributed by atoms with van der Waals surface area (Å²) < 4.78 is 0. The van der Waals surface area contributed by atoms with Crippen molar-refractivity contribution in [3.05, 3.63) is 0 Å². The van der Waals surface area contributed by atoms with Gasteiger partial charge in [0, 0.05) is 5.54 Å². The second-order valence-corrected chi connectivity index (χ2v) is 2.81. The Hall–Kier alpha value is -0.570. The molecule has 0 unspecified atom stereocenters. The minimum Gasteiger partial charge on any atom is -0.350 e. The molecule has 1 saturated carbocycles. The van der Waals surface area contributed by atoms with Gasteiger partial charge in [0.15, 0.2) is 0 Å². The summed E-state index contributed by atoms with van der Waals surface area (Å²) in [6.45, 7) is 2.14. The second kappa shape index (κ2) is 1.99. The van der Waals surface area contributed by atoms with E-state index in [1.54, 1.807) is 0 Å². The van der Waals surface area contributed by atoms with Crippen LogP contribution in [0.5, 0.6) is 0 Å². The van der Waals surface area contributed by atoms with E-state index in [-0.39, 0.29) is 18.0 Å². The Morgan fingerprint density at radius 1 is 1.78 bits per heavy atom. The first-order valence-electron chi connectivity index (χ1n) is 3.17. The molecule has 3 N–H and O–H groups in total. The van der Waals surface area contributed by atoms with Crippen molar-refractivity contribution in [2.45, 2.75) is 25.3 Å². The Kier molecular flexibility index (Phi) is 1.45. The van der Waals surface area contributed by atoms with Crippen LogP contribution in [0.25, 0.3) is 0 Å². The van der Waals surface area contributed by atoms with Crippen molar-refractivity contribution >= 4 is 5.91 Å². The van der Waals surface area contributed by atoms with Gasteiger partial charge >= 0.3 is 0 Å². The van der Waals surface area contributed by atoms with Crippen LogP contribution in [0.4, 0.5) is 0 Å². The van der Waals surface area contributed by atoms with Gasteiger partial charge in [0.25, 0.3) is 0 Å². The van der Waals surface area contributed by atoms with Gasteiger partial charge < -0.3 is 11.1 Å². The number of amides is 1. The van der Waals surface area contributed by atoms with Crippen LogP contribution in [-0.2, 0) is 4.79 Å². The first kappa shape index (κ1) is 6.55. The lowest BCUT2D eigenvalue weighted by molar-refractivity contribution is -0.120. The Morgan fingerprint density at radius 2 is 2.33 bits per heavy atom. The summed E-state index contributed by atoms with van der Waals surface area (Å²) in [7, 11) is 0. The molecule has 0 aromatic heterocycles. The highest BCUT2D eigenvalue weighted by molar-refractivity contribution is 5.78.